The number of carbonyl (C=O) groups excluding carboxylic acids is 1. The first-order valence-electron chi connectivity index (χ1n) is 9.36. The van der Waals surface area contributed by atoms with Gasteiger partial charge in [-0.2, -0.15) is 0 Å². The van der Waals surface area contributed by atoms with Crippen LogP contribution in [0, 0.1) is 0 Å². The number of para-hydroxylation sites is 1. The van der Waals surface area contributed by atoms with Crippen molar-refractivity contribution in [2.45, 2.75) is 37.8 Å². The molecular weight excluding hydrogens is 354 g/mol. The number of carbonyl (C=O) groups is 1. The molecule has 0 saturated heterocycles. The van der Waals surface area contributed by atoms with E-state index in [0.29, 0.717) is 12.3 Å². The molecule has 5 heteroatoms. The summed E-state index contributed by atoms with van der Waals surface area (Å²) in [7, 11) is 0. The van der Waals surface area contributed by atoms with Gasteiger partial charge in [0, 0.05) is 24.4 Å². The molecule has 1 amide bonds. The van der Waals surface area contributed by atoms with Crippen molar-refractivity contribution >= 4 is 28.6 Å². The summed E-state index contributed by atoms with van der Waals surface area (Å²) in [6.07, 6.45) is 0.931. The second-order valence-corrected chi connectivity index (χ2v) is 8.15. The van der Waals surface area contributed by atoms with Gasteiger partial charge in [-0.25, -0.2) is 9.97 Å². The number of hydrogen-bond acceptors (Lipinski definition) is 4. The van der Waals surface area contributed by atoms with Crippen LogP contribution in [0.25, 0.3) is 10.9 Å². The zero-order valence-corrected chi connectivity index (χ0v) is 16.5. The van der Waals surface area contributed by atoms with E-state index in [2.05, 4.69) is 37.0 Å². The third kappa shape index (κ3) is 3.83. The van der Waals surface area contributed by atoms with Gasteiger partial charge >= 0.3 is 0 Å². The number of fused-ring (bicyclic) bond motifs is 2. The molecule has 0 fully saturated rings. The second-order valence-electron chi connectivity index (χ2n) is 7.18. The number of amides is 1. The normalized spacial score (nSPS) is 13.8. The lowest BCUT2D eigenvalue weighted by Crippen LogP contribution is -2.37. The van der Waals surface area contributed by atoms with Crippen LogP contribution in [-0.4, -0.2) is 33.1 Å². The predicted octanol–water partition coefficient (Wildman–Crippen LogP) is 4.43. The molecule has 0 saturated carbocycles. The Bertz CT molecular complexity index is 986. The van der Waals surface area contributed by atoms with Crippen molar-refractivity contribution in [1.82, 2.24) is 14.9 Å². The van der Waals surface area contributed by atoms with Gasteiger partial charge in [0.05, 0.1) is 11.3 Å². The van der Waals surface area contributed by atoms with Crippen LogP contribution in [0.15, 0.2) is 53.6 Å². The fourth-order valence-electron chi connectivity index (χ4n) is 3.36. The topological polar surface area (TPSA) is 46.1 Å². The van der Waals surface area contributed by atoms with Crippen molar-refractivity contribution in [2.75, 3.05) is 12.3 Å². The first kappa shape index (κ1) is 18.0. The van der Waals surface area contributed by atoms with Crippen LogP contribution >= 0.6 is 11.8 Å². The summed E-state index contributed by atoms with van der Waals surface area (Å²) in [6.45, 7) is 5.68. The lowest BCUT2D eigenvalue weighted by atomic mass is 10.00. The van der Waals surface area contributed by atoms with Crippen molar-refractivity contribution < 1.29 is 4.79 Å². The Labute approximate surface area is 164 Å². The van der Waals surface area contributed by atoms with E-state index in [1.807, 2.05) is 35.2 Å². The highest BCUT2D eigenvalue weighted by molar-refractivity contribution is 8.00. The zero-order valence-electron chi connectivity index (χ0n) is 15.7. The van der Waals surface area contributed by atoms with Crippen molar-refractivity contribution in [3.63, 3.8) is 0 Å². The lowest BCUT2D eigenvalue weighted by molar-refractivity contribution is -0.129. The van der Waals surface area contributed by atoms with Crippen LogP contribution in [0.1, 0.15) is 36.7 Å². The van der Waals surface area contributed by atoms with Gasteiger partial charge in [0.25, 0.3) is 0 Å². The Kier molecular flexibility index (Phi) is 5.12. The Morgan fingerprint density at radius 3 is 2.63 bits per heavy atom. The Balaban J connectivity index is 1.51. The van der Waals surface area contributed by atoms with Gasteiger partial charge < -0.3 is 4.90 Å². The summed E-state index contributed by atoms with van der Waals surface area (Å²) in [5.74, 6) is 1.66. The molecule has 0 unspecified atom stereocenters. The molecular formula is C22H23N3OS. The van der Waals surface area contributed by atoms with Crippen LogP contribution in [0.5, 0.6) is 0 Å². The fourth-order valence-corrected chi connectivity index (χ4v) is 4.29. The molecule has 0 aliphatic carbocycles. The molecule has 0 bridgehead atoms. The summed E-state index contributed by atoms with van der Waals surface area (Å²) < 4.78 is 0. The van der Waals surface area contributed by atoms with Crippen molar-refractivity contribution in [3.8, 4) is 0 Å². The number of hydrogen-bond donors (Lipinski definition) is 0. The highest BCUT2D eigenvalue weighted by Crippen LogP contribution is 2.28. The highest BCUT2D eigenvalue weighted by Gasteiger charge is 2.21. The van der Waals surface area contributed by atoms with E-state index in [9.17, 15) is 4.79 Å². The molecule has 0 atom stereocenters. The molecule has 4 rings (SSSR count). The third-order valence-electron chi connectivity index (χ3n) is 4.92. The van der Waals surface area contributed by atoms with Crippen LogP contribution in [0.2, 0.25) is 0 Å². The molecule has 0 N–H and O–H groups in total. The van der Waals surface area contributed by atoms with E-state index in [1.54, 1.807) is 0 Å². The van der Waals surface area contributed by atoms with Gasteiger partial charge in [0.2, 0.25) is 5.91 Å². The van der Waals surface area contributed by atoms with Crippen molar-refractivity contribution in [2.24, 2.45) is 0 Å². The molecule has 1 aliphatic rings. The maximum Gasteiger partial charge on any atom is 0.233 e. The summed E-state index contributed by atoms with van der Waals surface area (Å²) in [5, 5.41) is 1.92. The van der Waals surface area contributed by atoms with Crippen LogP contribution < -0.4 is 0 Å². The monoisotopic (exact) mass is 377 g/mol. The number of thioether (sulfide) groups is 1. The fraction of sp³-hybridized carbons (Fsp3) is 0.318. The molecule has 2 aromatic carbocycles. The van der Waals surface area contributed by atoms with Gasteiger partial charge in [-0.3, -0.25) is 4.79 Å². The average Bonchev–Trinajstić information content (AvgIpc) is 2.71. The third-order valence-corrected chi connectivity index (χ3v) is 5.89. The van der Waals surface area contributed by atoms with E-state index in [4.69, 9.17) is 4.98 Å². The summed E-state index contributed by atoms with van der Waals surface area (Å²) in [4.78, 5) is 24.2. The van der Waals surface area contributed by atoms with Crippen molar-refractivity contribution in [1.29, 1.82) is 0 Å². The predicted molar refractivity (Wildman–Crippen MR) is 110 cm³/mol. The maximum atomic E-state index is 12.8. The Morgan fingerprint density at radius 2 is 1.81 bits per heavy atom. The second kappa shape index (κ2) is 7.69. The number of rotatable bonds is 4. The summed E-state index contributed by atoms with van der Waals surface area (Å²) in [5.41, 5.74) is 3.56. The first-order valence-corrected chi connectivity index (χ1v) is 10.3. The van der Waals surface area contributed by atoms with Gasteiger partial charge in [-0.1, -0.05) is 68.1 Å². The first-order chi connectivity index (χ1) is 13.1. The molecule has 1 aliphatic heterocycles. The quantitative estimate of drug-likeness (QED) is 0.498. The number of benzene rings is 2. The molecule has 1 aromatic heterocycles. The van der Waals surface area contributed by atoms with Crippen molar-refractivity contribution in [3.05, 3.63) is 65.5 Å². The molecule has 3 aromatic rings. The molecule has 27 heavy (non-hydrogen) atoms. The van der Waals surface area contributed by atoms with E-state index in [-0.39, 0.29) is 11.8 Å². The molecule has 0 spiro atoms. The van der Waals surface area contributed by atoms with E-state index < -0.39 is 0 Å². The van der Waals surface area contributed by atoms with Crippen LogP contribution in [-0.2, 0) is 17.8 Å². The van der Waals surface area contributed by atoms with Gasteiger partial charge in [0.1, 0.15) is 10.9 Å². The molecule has 4 nitrogen and oxygen atoms in total. The number of aromatic nitrogens is 2. The summed E-state index contributed by atoms with van der Waals surface area (Å²) >= 11 is 1.52. The van der Waals surface area contributed by atoms with Gasteiger partial charge in [0.15, 0.2) is 0 Å². The van der Waals surface area contributed by atoms with Gasteiger partial charge in [-0.05, 0) is 23.6 Å². The van der Waals surface area contributed by atoms with E-state index >= 15 is 0 Å². The Hall–Kier alpha value is -2.40. The molecule has 138 valence electrons. The largest absolute Gasteiger partial charge is 0.337 e. The molecule has 2 heterocycles. The van der Waals surface area contributed by atoms with E-state index in [1.165, 1.54) is 22.9 Å². The SMILES string of the molecule is CC(C)c1nc(SCC(=O)N2CCc3ccccc3C2)c2ccccc2n1. The zero-order chi connectivity index (χ0) is 18.8. The maximum absolute atomic E-state index is 12.8. The standard InChI is InChI=1S/C22H23N3OS/c1-15(2)21-23-19-10-6-5-9-18(19)22(24-21)27-14-20(26)25-12-11-16-7-3-4-8-17(16)13-25/h3-10,15H,11-14H2,1-2H3. The van der Waals surface area contributed by atoms with E-state index in [0.717, 1.165) is 34.7 Å². The highest BCUT2D eigenvalue weighted by atomic mass is 32.2. The smallest absolute Gasteiger partial charge is 0.233 e. The van der Waals surface area contributed by atoms with Crippen LogP contribution in [0.4, 0.5) is 0 Å². The minimum absolute atomic E-state index is 0.170. The summed E-state index contributed by atoms with van der Waals surface area (Å²) in [6, 6.07) is 16.4. The molecule has 0 radical (unpaired) electrons. The minimum Gasteiger partial charge on any atom is -0.337 e. The average molecular weight is 378 g/mol. The number of nitrogens with zero attached hydrogens (tertiary/aromatic N) is 3. The Morgan fingerprint density at radius 1 is 1.07 bits per heavy atom. The van der Waals surface area contributed by atoms with Crippen LogP contribution in [0.3, 0.4) is 0 Å². The lowest BCUT2D eigenvalue weighted by Gasteiger charge is -2.28. The minimum atomic E-state index is 0.170. The van der Waals surface area contributed by atoms with Gasteiger partial charge in [-0.15, -0.1) is 0 Å².